The normalized spacial score (nSPS) is 11.2. The second-order valence-corrected chi connectivity index (χ2v) is 8.86. The fourth-order valence-electron chi connectivity index (χ4n) is 3.00. The fourth-order valence-corrected chi connectivity index (χ4v) is 4.10. The van der Waals surface area contributed by atoms with Crippen LogP contribution in [0.15, 0.2) is 82.2 Å². The van der Waals surface area contributed by atoms with Crippen LogP contribution in [0.3, 0.4) is 0 Å². The Balaban J connectivity index is 1.55. The summed E-state index contributed by atoms with van der Waals surface area (Å²) in [6.45, 7) is 3.39. The molecule has 0 aliphatic rings. The number of nitrogens with one attached hydrogen (secondary N) is 2. The molecule has 0 unspecified atom stereocenters. The van der Waals surface area contributed by atoms with Crippen molar-refractivity contribution in [3.05, 3.63) is 78.4 Å². The summed E-state index contributed by atoms with van der Waals surface area (Å²) >= 11 is 0. The van der Waals surface area contributed by atoms with Crippen LogP contribution < -0.4 is 10.0 Å². The monoisotopic (exact) mass is 448 g/mol. The van der Waals surface area contributed by atoms with Gasteiger partial charge in [0.25, 0.3) is 15.9 Å². The van der Waals surface area contributed by atoms with Crippen LogP contribution in [-0.4, -0.2) is 24.5 Å². The number of aryl methyl sites for hydroxylation is 1. The van der Waals surface area contributed by atoms with Gasteiger partial charge in [-0.1, -0.05) is 41.1 Å². The van der Waals surface area contributed by atoms with Crippen LogP contribution in [0.5, 0.6) is 0 Å². The van der Waals surface area contributed by atoms with Crippen LogP contribution in [0.1, 0.15) is 12.5 Å². The maximum Gasteiger partial charge on any atom is 0.261 e. The van der Waals surface area contributed by atoms with E-state index < -0.39 is 10.0 Å². The van der Waals surface area contributed by atoms with E-state index in [-0.39, 0.29) is 16.7 Å². The molecule has 0 saturated carbocycles. The van der Waals surface area contributed by atoms with E-state index in [1.54, 1.807) is 36.4 Å². The highest BCUT2D eigenvalue weighted by molar-refractivity contribution is 7.92. The maximum atomic E-state index is 12.9. The van der Waals surface area contributed by atoms with Crippen LogP contribution in [0.4, 0.5) is 11.4 Å². The van der Waals surface area contributed by atoms with Crippen LogP contribution in [0.25, 0.3) is 22.8 Å². The molecule has 3 aromatic carbocycles. The van der Waals surface area contributed by atoms with E-state index >= 15 is 0 Å². The van der Waals surface area contributed by atoms with E-state index in [9.17, 15) is 13.2 Å². The molecule has 162 valence electrons. The van der Waals surface area contributed by atoms with Gasteiger partial charge in [0.05, 0.1) is 4.90 Å². The van der Waals surface area contributed by atoms with Gasteiger partial charge in [0.2, 0.25) is 11.7 Å². The number of benzene rings is 3. The van der Waals surface area contributed by atoms with Crippen molar-refractivity contribution in [2.75, 3.05) is 10.0 Å². The predicted octanol–water partition coefficient (Wildman–Crippen LogP) is 4.47. The molecule has 1 amide bonds. The Bertz CT molecular complexity index is 1360. The van der Waals surface area contributed by atoms with Gasteiger partial charge < -0.3 is 9.84 Å². The summed E-state index contributed by atoms with van der Waals surface area (Å²) in [5.74, 6) is 0.435. The Morgan fingerprint density at radius 3 is 2.28 bits per heavy atom. The first-order valence-corrected chi connectivity index (χ1v) is 11.2. The minimum absolute atomic E-state index is 0.0519. The summed E-state index contributed by atoms with van der Waals surface area (Å²) < 4.78 is 33.6. The molecule has 0 spiro atoms. The molecule has 0 saturated heterocycles. The molecule has 2 N–H and O–H groups in total. The predicted molar refractivity (Wildman–Crippen MR) is 121 cm³/mol. The Labute approximate surface area is 185 Å². The summed E-state index contributed by atoms with van der Waals surface area (Å²) in [5.41, 5.74) is 3.35. The number of aromatic nitrogens is 2. The number of anilines is 2. The van der Waals surface area contributed by atoms with Gasteiger partial charge in [0.1, 0.15) is 0 Å². The Kier molecular flexibility index (Phi) is 5.74. The number of amides is 1. The molecule has 1 aromatic heterocycles. The average molecular weight is 449 g/mol. The molecule has 0 bridgehead atoms. The average Bonchev–Trinajstić information content (AvgIpc) is 3.26. The number of hydrogen-bond donors (Lipinski definition) is 2. The fraction of sp³-hybridized carbons (Fsp3) is 0.0870. The molecule has 0 aliphatic carbocycles. The molecule has 0 radical (unpaired) electrons. The SMILES string of the molecule is CC(=O)Nc1ccc(NS(=O)(=O)c2cccc(-c3nc(-c4ccc(C)cc4)no3)c2)cc1. The molecular formula is C23H20N4O4S. The zero-order valence-electron chi connectivity index (χ0n) is 17.4. The van der Waals surface area contributed by atoms with Crippen molar-refractivity contribution in [3.8, 4) is 22.8 Å². The maximum absolute atomic E-state index is 12.9. The lowest BCUT2D eigenvalue weighted by atomic mass is 10.1. The number of carbonyl (C=O) groups excluding carboxylic acids is 1. The van der Waals surface area contributed by atoms with E-state index in [1.807, 2.05) is 31.2 Å². The summed E-state index contributed by atoms with van der Waals surface area (Å²) in [6.07, 6.45) is 0. The van der Waals surface area contributed by atoms with Gasteiger partial charge in [-0.25, -0.2) is 8.42 Å². The van der Waals surface area contributed by atoms with E-state index in [0.717, 1.165) is 11.1 Å². The van der Waals surface area contributed by atoms with Crippen LogP contribution in [0, 0.1) is 6.92 Å². The van der Waals surface area contributed by atoms with Crippen LogP contribution in [-0.2, 0) is 14.8 Å². The van der Waals surface area contributed by atoms with E-state index in [2.05, 4.69) is 20.2 Å². The zero-order chi connectivity index (χ0) is 22.7. The molecule has 4 rings (SSSR count). The number of hydrogen-bond acceptors (Lipinski definition) is 6. The first-order chi connectivity index (χ1) is 15.3. The first kappa shape index (κ1) is 21.3. The summed E-state index contributed by atoms with van der Waals surface area (Å²) in [4.78, 5) is 15.6. The molecule has 0 aliphatic heterocycles. The molecule has 8 nitrogen and oxygen atoms in total. The van der Waals surface area contributed by atoms with Crippen molar-refractivity contribution in [2.45, 2.75) is 18.7 Å². The molecule has 1 heterocycles. The second kappa shape index (κ2) is 8.64. The molecular weight excluding hydrogens is 428 g/mol. The van der Waals surface area contributed by atoms with Crippen molar-refractivity contribution < 1.29 is 17.7 Å². The molecule has 32 heavy (non-hydrogen) atoms. The number of nitrogens with zero attached hydrogens (tertiary/aromatic N) is 2. The second-order valence-electron chi connectivity index (χ2n) is 7.18. The topological polar surface area (TPSA) is 114 Å². The number of rotatable bonds is 6. The van der Waals surface area contributed by atoms with Crippen molar-refractivity contribution in [1.82, 2.24) is 10.1 Å². The Hall–Kier alpha value is -3.98. The molecule has 0 fully saturated rings. The van der Waals surface area contributed by atoms with Crippen molar-refractivity contribution in [3.63, 3.8) is 0 Å². The van der Waals surface area contributed by atoms with Gasteiger partial charge in [-0.05, 0) is 49.4 Å². The third-order valence-corrected chi connectivity index (χ3v) is 5.96. The summed E-state index contributed by atoms with van der Waals surface area (Å²) in [6, 6.07) is 20.3. The van der Waals surface area contributed by atoms with E-state index in [4.69, 9.17) is 4.52 Å². The lowest BCUT2D eigenvalue weighted by molar-refractivity contribution is -0.114. The van der Waals surface area contributed by atoms with Gasteiger partial charge in [0, 0.05) is 29.4 Å². The highest BCUT2D eigenvalue weighted by Gasteiger charge is 2.17. The lowest BCUT2D eigenvalue weighted by Crippen LogP contribution is -2.13. The third kappa shape index (κ3) is 4.84. The molecule has 4 aromatic rings. The van der Waals surface area contributed by atoms with Crippen LogP contribution >= 0.6 is 0 Å². The number of sulfonamides is 1. The standard InChI is InChI=1S/C23H20N4O4S/c1-15-6-8-17(9-7-15)22-25-23(31-26-22)18-4-3-5-21(14-18)32(29,30)27-20-12-10-19(11-13-20)24-16(2)28/h3-14,27H,1-2H3,(H,24,28). The van der Waals surface area contributed by atoms with Gasteiger partial charge >= 0.3 is 0 Å². The van der Waals surface area contributed by atoms with E-state index in [1.165, 1.54) is 19.1 Å². The number of carbonyl (C=O) groups is 1. The quantitative estimate of drug-likeness (QED) is 0.450. The highest BCUT2D eigenvalue weighted by atomic mass is 32.2. The minimum atomic E-state index is -3.86. The lowest BCUT2D eigenvalue weighted by Gasteiger charge is -2.09. The Morgan fingerprint density at radius 1 is 0.906 bits per heavy atom. The molecule has 9 heteroatoms. The highest BCUT2D eigenvalue weighted by Crippen LogP contribution is 2.26. The Morgan fingerprint density at radius 2 is 1.59 bits per heavy atom. The zero-order valence-corrected chi connectivity index (χ0v) is 18.2. The molecule has 0 atom stereocenters. The van der Waals surface area contributed by atoms with Crippen molar-refractivity contribution >= 4 is 27.3 Å². The first-order valence-electron chi connectivity index (χ1n) is 9.72. The van der Waals surface area contributed by atoms with Gasteiger partial charge in [-0.15, -0.1) is 0 Å². The minimum Gasteiger partial charge on any atom is -0.334 e. The van der Waals surface area contributed by atoms with Crippen molar-refractivity contribution in [1.29, 1.82) is 0 Å². The summed E-state index contributed by atoms with van der Waals surface area (Å²) in [7, 11) is -3.86. The van der Waals surface area contributed by atoms with E-state index in [0.29, 0.717) is 22.8 Å². The van der Waals surface area contributed by atoms with Gasteiger partial charge in [-0.2, -0.15) is 4.98 Å². The van der Waals surface area contributed by atoms with Crippen LogP contribution in [0.2, 0.25) is 0 Å². The third-order valence-electron chi connectivity index (χ3n) is 4.58. The smallest absolute Gasteiger partial charge is 0.261 e. The van der Waals surface area contributed by atoms with Crippen molar-refractivity contribution in [2.24, 2.45) is 0 Å². The largest absolute Gasteiger partial charge is 0.334 e. The van der Waals surface area contributed by atoms with Gasteiger partial charge in [-0.3, -0.25) is 9.52 Å². The summed E-state index contributed by atoms with van der Waals surface area (Å²) in [5, 5.41) is 6.63. The van der Waals surface area contributed by atoms with Gasteiger partial charge in [0.15, 0.2) is 0 Å².